The van der Waals surface area contributed by atoms with Gasteiger partial charge in [0, 0.05) is 191 Å². The number of aldehydes is 1. The zero-order chi connectivity index (χ0) is 67.4. The molecule has 3 heterocycles. The number of hydrogen-bond acceptors (Lipinski definition) is 20. The van der Waals surface area contributed by atoms with Gasteiger partial charge in [0.2, 0.25) is 29.5 Å². The zero-order valence-electron chi connectivity index (χ0n) is 55.7. The van der Waals surface area contributed by atoms with E-state index >= 15 is 0 Å². The first-order valence-corrected chi connectivity index (χ1v) is 34.5. The van der Waals surface area contributed by atoms with Crippen molar-refractivity contribution in [1.29, 1.82) is 0 Å². The lowest BCUT2D eigenvalue weighted by atomic mass is 9.93. The van der Waals surface area contributed by atoms with Crippen LogP contribution in [-0.4, -0.2) is 211 Å². The van der Waals surface area contributed by atoms with Gasteiger partial charge in [0.1, 0.15) is 6.29 Å². The number of halogens is 3. The molecule has 0 saturated carbocycles. The van der Waals surface area contributed by atoms with Crippen LogP contribution in [-0.2, 0) is 96.1 Å². The molecular formula is C60H105I3N16O12. The van der Waals surface area contributed by atoms with Gasteiger partial charge < -0.3 is 49.2 Å². The number of amides is 5. The lowest BCUT2D eigenvalue weighted by Gasteiger charge is -2.29. The molecule has 0 aromatic carbocycles. The van der Waals surface area contributed by atoms with Gasteiger partial charge >= 0.3 is 0 Å². The van der Waals surface area contributed by atoms with Crippen molar-refractivity contribution >= 4 is 104 Å². The molecule has 3 aromatic rings. The highest BCUT2D eigenvalue weighted by atomic mass is 127. The number of carbonyl (C=O) groups excluding carboxylic acids is 6. The highest BCUT2D eigenvalue weighted by Crippen LogP contribution is 2.24. The maximum Gasteiger partial charge on any atom is 0.228 e. The first-order chi connectivity index (χ1) is 43.0. The van der Waals surface area contributed by atoms with E-state index in [1.807, 2.05) is 122 Å². The summed E-state index contributed by atoms with van der Waals surface area (Å²) in [4.78, 5) is 75.4. The number of carbonyl (C=O) groups is 6. The standard InChI is InChI=1S/C60H105I3N16O12/c1-46(35-89-43-58(6,7)38-77-31-48(70-73-77)12-14-54(84)68-62)29-64-51(81)16-22-86-25-19-76(20-26-87-23-17-52(82)65-36-56(2,3)41-90-44-59(8,9)39-78-32-49(71-74-78)13-15-55(85)69-63)21-27-88-24-18-53(83)66-37-57(4,5)42-91-45-60(10,11)40-79-33-50(72-75-79)28-47(34-80)30-67-61/h31-34,46-47,67H,12-30,35-45H2,1-11H3,(H,64,81)(H,65,82)(H,66,83)(H,68,84)(H,69,85). The van der Waals surface area contributed by atoms with Crippen LogP contribution in [0.5, 0.6) is 0 Å². The average Bonchev–Trinajstić information content (AvgIpc) is 2.56. The summed E-state index contributed by atoms with van der Waals surface area (Å²) in [6.07, 6.45) is 9.38. The molecule has 3 rings (SSSR count). The molecule has 3 aromatic heterocycles. The minimum atomic E-state index is -0.324. The third-order valence-corrected chi connectivity index (χ3v) is 15.7. The molecule has 5 amide bonds. The van der Waals surface area contributed by atoms with Crippen molar-refractivity contribution in [3.8, 4) is 0 Å². The molecule has 0 bridgehead atoms. The topological polar surface area (TPSA) is 325 Å². The molecule has 518 valence electrons. The van der Waals surface area contributed by atoms with Crippen molar-refractivity contribution in [3.05, 3.63) is 35.7 Å². The second-order valence-corrected chi connectivity index (χ2v) is 29.3. The van der Waals surface area contributed by atoms with E-state index in [9.17, 15) is 28.8 Å². The van der Waals surface area contributed by atoms with Crippen LogP contribution in [0, 0.1) is 38.9 Å². The Labute approximate surface area is 580 Å². The fraction of sp³-hybridized carbons (Fsp3) is 0.800. The number of nitrogens with zero attached hydrogens (tertiary/aromatic N) is 10. The largest absolute Gasteiger partial charge is 0.380 e. The number of rotatable bonds is 53. The van der Waals surface area contributed by atoms with Gasteiger partial charge in [-0.15, -0.1) is 15.3 Å². The van der Waals surface area contributed by atoms with Crippen LogP contribution in [0.4, 0.5) is 0 Å². The molecular weight excluding hydrogens is 1520 g/mol. The predicted octanol–water partition coefficient (Wildman–Crippen LogP) is 4.64. The number of ether oxygens (including phenoxy) is 6. The summed E-state index contributed by atoms with van der Waals surface area (Å²) >= 11 is 5.68. The molecule has 0 aliphatic carbocycles. The SMILES string of the molecule is CC(CNC(=O)CCOCCN(CCOCCC(=O)NCC(C)(C)COCC(C)(C)Cn1cc(CCC(=O)NI)nn1)CCOCCC(=O)NCC(C)(C)COCC(C)(C)Cn1cc(CC(C=O)CNI)nn1)COCC(C)(C)Cn1cc(CCC(=O)NI)nn1. The van der Waals surface area contributed by atoms with E-state index in [0.29, 0.717) is 157 Å². The van der Waals surface area contributed by atoms with Crippen LogP contribution in [0.25, 0.3) is 0 Å². The monoisotopic (exact) mass is 1620 g/mol. The maximum atomic E-state index is 12.9. The van der Waals surface area contributed by atoms with Gasteiger partial charge in [0.25, 0.3) is 0 Å². The molecule has 0 spiro atoms. The normalized spacial score (nSPS) is 13.1. The van der Waals surface area contributed by atoms with Crippen molar-refractivity contribution in [2.75, 3.05) is 125 Å². The molecule has 6 N–H and O–H groups in total. The van der Waals surface area contributed by atoms with E-state index in [2.05, 4.69) is 104 Å². The first-order valence-electron chi connectivity index (χ1n) is 31.3. The maximum absolute atomic E-state index is 12.9. The first kappa shape index (κ1) is 81.5. The quantitative estimate of drug-likeness (QED) is 0.0194. The van der Waals surface area contributed by atoms with E-state index in [1.165, 1.54) is 0 Å². The van der Waals surface area contributed by atoms with E-state index in [1.54, 1.807) is 14.0 Å². The van der Waals surface area contributed by atoms with Crippen LogP contribution >= 0.6 is 68.6 Å². The summed E-state index contributed by atoms with van der Waals surface area (Å²) in [6.45, 7) is 32.6. The molecule has 0 saturated heterocycles. The molecule has 0 radical (unpaired) electrons. The number of nitrogens with one attached hydrogen (secondary N) is 6. The van der Waals surface area contributed by atoms with Gasteiger partial charge in [-0.3, -0.25) is 53.5 Å². The Hall–Kier alpha value is -3.69. The van der Waals surface area contributed by atoms with Gasteiger partial charge in [-0.2, -0.15) is 0 Å². The third kappa shape index (κ3) is 39.1. The molecule has 2 atom stereocenters. The fourth-order valence-electron chi connectivity index (χ4n) is 8.99. The molecule has 28 nitrogen and oxygen atoms in total. The number of aromatic nitrogens is 9. The van der Waals surface area contributed by atoms with Gasteiger partial charge in [-0.25, -0.2) is 0 Å². The highest BCUT2D eigenvalue weighted by molar-refractivity contribution is 14.1. The molecule has 0 aliphatic rings. The lowest BCUT2D eigenvalue weighted by molar-refractivity contribution is -0.123. The second-order valence-electron chi connectivity index (χ2n) is 27.4. The van der Waals surface area contributed by atoms with Gasteiger partial charge in [0.15, 0.2) is 0 Å². The Bertz CT molecular complexity index is 2590. The van der Waals surface area contributed by atoms with E-state index in [-0.39, 0.29) is 108 Å². The van der Waals surface area contributed by atoms with Crippen LogP contribution in [0.2, 0.25) is 0 Å². The Morgan fingerprint density at radius 2 is 0.868 bits per heavy atom. The molecule has 2 unspecified atom stereocenters. The Morgan fingerprint density at radius 3 is 1.26 bits per heavy atom. The van der Waals surface area contributed by atoms with Crippen molar-refractivity contribution in [2.24, 2.45) is 38.9 Å². The van der Waals surface area contributed by atoms with Crippen LogP contribution in [0.3, 0.4) is 0 Å². The summed E-state index contributed by atoms with van der Waals surface area (Å²) in [5.74, 6) is -0.544. The van der Waals surface area contributed by atoms with E-state index < -0.39 is 0 Å². The average molecular weight is 1620 g/mol. The zero-order valence-corrected chi connectivity index (χ0v) is 62.2. The minimum Gasteiger partial charge on any atom is -0.380 e. The van der Waals surface area contributed by atoms with Crippen molar-refractivity contribution in [2.45, 2.75) is 147 Å². The van der Waals surface area contributed by atoms with E-state index in [4.69, 9.17) is 28.4 Å². The van der Waals surface area contributed by atoms with Gasteiger partial charge in [-0.05, 0) is 5.92 Å². The van der Waals surface area contributed by atoms with Gasteiger partial charge in [0.05, 0.1) is 142 Å². The summed E-state index contributed by atoms with van der Waals surface area (Å²) in [5.41, 5.74) is 0.927. The minimum absolute atomic E-state index is 0.0541. The Kier molecular flexibility index (Phi) is 38.9. The molecule has 91 heavy (non-hydrogen) atoms. The Morgan fingerprint density at radius 1 is 0.495 bits per heavy atom. The number of aryl methyl sites for hydroxylation is 2. The van der Waals surface area contributed by atoms with Gasteiger partial charge in [-0.1, -0.05) is 91.8 Å². The summed E-state index contributed by atoms with van der Waals surface area (Å²) in [7, 11) is 0. The van der Waals surface area contributed by atoms with Crippen molar-refractivity contribution < 1.29 is 57.2 Å². The second kappa shape index (κ2) is 43.4. The van der Waals surface area contributed by atoms with Crippen LogP contribution in [0.1, 0.15) is 125 Å². The highest BCUT2D eigenvalue weighted by Gasteiger charge is 2.27. The Balaban J connectivity index is 1.39. The number of hydrogen-bond donors (Lipinski definition) is 6. The third-order valence-electron chi connectivity index (χ3n) is 14.1. The predicted molar refractivity (Wildman–Crippen MR) is 369 cm³/mol. The van der Waals surface area contributed by atoms with Crippen molar-refractivity contribution in [3.63, 3.8) is 0 Å². The van der Waals surface area contributed by atoms with Crippen molar-refractivity contribution in [1.82, 2.24) is 76.4 Å². The molecule has 0 fully saturated rings. The summed E-state index contributed by atoms with van der Waals surface area (Å²) < 4.78 is 49.7. The van der Waals surface area contributed by atoms with Crippen LogP contribution < -0.4 is 26.5 Å². The summed E-state index contributed by atoms with van der Waals surface area (Å²) in [5, 5.41) is 34.4. The van der Waals surface area contributed by atoms with E-state index in [0.717, 1.165) is 23.4 Å². The summed E-state index contributed by atoms with van der Waals surface area (Å²) in [6, 6.07) is 0. The lowest BCUT2D eigenvalue weighted by Crippen LogP contribution is -2.38. The molecule has 0 aliphatic heterocycles. The smallest absolute Gasteiger partial charge is 0.228 e. The fourth-order valence-corrected chi connectivity index (χ4v) is 10.1. The molecule has 31 heteroatoms. The van der Waals surface area contributed by atoms with Crippen LogP contribution in [0.15, 0.2) is 18.6 Å².